The van der Waals surface area contributed by atoms with Crippen molar-refractivity contribution in [1.29, 1.82) is 5.26 Å². The van der Waals surface area contributed by atoms with E-state index in [1.165, 1.54) is 0 Å². The number of rotatable bonds is 6. The topological polar surface area (TPSA) is 99.6 Å². The number of aliphatic hydroxyl groups excluding tert-OH is 1. The van der Waals surface area contributed by atoms with E-state index >= 15 is 0 Å². The summed E-state index contributed by atoms with van der Waals surface area (Å²) in [7, 11) is 0. The molecule has 1 N–H and O–H groups in total. The summed E-state index contributed by atoms with van der Waals surface area (Å²) in [5.74, 6) is 0.895. The Kier molecular flexibility index (Phi) is 5.54. The van der Waals surface area contributed by atoms with Gasteiger partial charge < -0.3 is 14.7 Å². The highest BCUT2D eigenvalue weighted by atomic mass is 19.4. The van der Waals surface area contributed by atoms with Gasteiger partial charge in [0.25, 0.3) is 0 Å². The van der Waals surface area contributed by atoms with E-state index in [9.17, 15) is 18.4 Å². The number of nitriles is 1. The predicted octanol–water partition coefficient (Wildman–Crippen LogP) is 4.22. The lowest BCUT2D eigenvalue weighted by Gasteiger charge is -2.41. The normalized spacial score (nSPS) is 16.4. The zero-order valence-corrected chi connectivity index (χ0v) is 20.0. The van der Waals surface area contributed by atoms with Gasteiger partial charge in [-0.15, -0.1) is 0 Å². The van der Waals surface area contributed by atoms with Crippen LogP contribution in [0.25, 0.3) is 27.5 Å². The fraction of sp³-hybridized carbons (Fsp3) is 0.385. The Bertz CT molecular complexity index is 1570. The first-order valence-corrected chi connectivity index (χ1v) is 12.1. The molecule has 0 radical (unpaired) electrons. The number of halogens is 3. The summed E-state index contributed by atoms with van der Waals surface area (Å²) in [6.07, 6.45) is -0.933. The fourth-order valence-corrected chi connectivity index (χ4v) is 5.00. The molecule has 1 aliphatic heterocycles. The summed E-state index contributed by atoms with van der Waals surface area (Å²) in [5, 5.41) is 24.4. The summed E-state index contributed by atoms with van der Waals surface area (Å²) in [6, 6.07) is 9.54. The van der Waals surface area contributed by atoms with Crippen LogP contribution >= 0.6 is 0 Å². The van der Waals surface area contributed by atoms with Crippen molar-refractivity contribution in [3.05, 3.63) is 53.1 Å². The lowest BCUT2D eigenvalue weighted by molar-refractivity contribution is -0.141. The third kappa shape index (κ3) is 3.97. The zero-order chi connectivity index (χ0) is 25.9. The molecule has 11 heteroatoms. The van der Waals surface area contributed by atoms with Gasteiger partial charge in [-0.1, -0.05) is 18.2 Å². The molecular weight excluding hydrogens is 485 g/mol. The third-order valence-electron chi connectivity index (χ3n) is 6.94. The Morgan fingerprint density at radius 2 is 2.03 bits per heavy atom. The molecule has 0 spiro atoms. The average Bonchev–Trinajstić information content (AvgIpc) is 3.62. The molecule has 4 heterocycles. The van der Waals surface area contributed by atoms with E-state index in [1.807, 2.05) is 29.3 Å². The van der Waals surface area contributed by atoms with Crippen LogP contribution in [0.1, 0.15) is 41.4 Å². The van der Waals surface area contributed by atoms with Crippen molar-refractivity contribution in [2.24, 2.45) is 0 Å². The van der Waals surface area contributed by atoms with Crippen LogP contribution in [0.5, 0.6) is 0 Å². The minimum atomic E-state index is -4.81. The van der Waals surface area contributed by atoms with Crippen LogP contribution in [-0.2, 0) is 10.9 Å². The summed E-state index contributed by atoms with van der Waals surface area (Å²) in [4.78, 5) is 11.0. The van der Waals surface area contributed by atoms with E-state index in [0.717, 1.165) is 39.4 Å². The summed E-state index contributed by atoms with van der Waals surface area (Å²) >= 11 is 0. The van der Waals surface area contributed by atoms with E-state index in [-0.39, 0.29) is 25.0 Å². The van der Waals surface area contributed by atoms with E-state index in [2.05, 4.69) is 21.1 Å². The van der Waals surface area contributed by atoms with Crippen LogP contribution in [0, 0.1) is 18.3 Å². The predicted molar refractivity (Wildman–Crippen MR) is 129 cm³/mol. The van der Waals surface area contributed by atoms with Crippen molar-refractivity contribution in [2.45, 2.75) is 38.0 Å². The van der Waals surface area contributed by atoms with E-state index < -0.39 is 17.4 Å². The number of aryl methyl sites for hydroxylation is 1. The molecule has 0 atom stereocenters. The monoisotopic (exact) mass is 508 g/mol. The van der Waals surface area contributed by atoms with Gasteiger partial charge >= 0.3 is 6.18 Å². The molecule has 190 valence electrons. The molecule has 1 saturated carbocycles. The Labute approximate surface area is 209 Å². The third-order valence-corrected chi connectivity index (χ3v) is 6.94. The minimum Gasteiger partial charge on any atom is -0.394 e. The van der Waals surface area contributed by atoms with Crippen molar-refractivity contribution in [3.8, 4) is 17.2 Å². The van der Waals surface area contributed by atoms with Gasteiger partial charge in [-0.2, -0.15) is 28.0 Å². The molecule has 3 aromatic heterocycles. The van der Waals surface area contributed by atoms with E-state index in [4.69, 9.17) is 9.84 Å². The van der Waals surface area contributed by atoms with Gasteiger partial charge in [0.1, 0.15) is 17.5 Å². The van der Waals surface area contributed by atoms with Gasteiger partial charge in [0.05, 0.1) is 25.0 Å². The van der Waals surface area contributed by atoms with Crippen molar-refractivity contribution in [1.82, 2.24) is 19.6 Å². The van der Waals surface area contributed by atoms with Crippen molar-refractivity contribution in [2.75, 3.05) is 31.2 Å². The number of fused-ring (bicyclic) bond motifs is 2. The van der Waals surface area contributed by atoms with Crippen LogP contribution in [0.4, 0.5) is 19.0 Å². The molecule has 37 heavy (non-hydrogen) atoms. The van der Waals surface area contributed by atoms with Crippen molar-refractivity contribution < 1.29 is 23.0 Å². The number of nitrogens with zero attached hydrogens (tertiary/aromatic N) is 6. The molecule has 4 aromatic rings. The maximum Gasteiger partial charge on any atom is 0.436 e. The highest BCUT2D eigenvalue weighted by Crippen LogP contribution is 2.43. The fourth-order valence-electron chi connectivity index (χ4n) is 5.00. The number of hydrogen-bond donors (Lipinski definition) is 1. The highest BCUT2D eigenvalue weighted by molar-refractivity contribution is 6.00. The number of aromatic nitrogens is 4. The van der Waals surface area contributed by atoms with Gasteiger partial charge in [-0.3, -0.25) is 4.98 Å². The molecule has 2 aliphatic rings. The Morgan fingerprint density at radius 1 is 1.24 bits per heavy atom. The van der Waals surface area contributed by atoms with Crippen LogP contribution in [0.2, 0.25) is 0 Å². The van der Waals surface area contributed by atoms with Gasteiger partial charge in [-0.25, -0.2) is 4.98 Å². The van der Waals surface area contributed by atoms with Crippen LogP contribution < -0.4 is 4.90 Å². The van der Waals surface area contributed by atoms with Gasteiger partial charge in [0, 0.05) is 41.8 Å². The first-order chi connectivity index (χ1) is 17.8. The quantitative estimate of drug-likeness (QED) is 0.416. The van der Waals surface area contributed by atoms with Gasteiger partial charge in [0.2, 0.25) is 0 Å². The lowest BCUT2D eigenvalue weighted by Crippen LogP contribution is -2.53. The summed E-state index contributed by atoms with van der Waals surface area (Å²) in [5.41, 5.74) is 0.916. The van der Waals surface area contributed by atoms with E-state index in [0.29, 0.717) is 36.1 Å². The van der Waals surface area contributed by atoms with Crippen LogP contribution in [0.15, 0.2) is 30.5 Å². The standard InChI is InChI=1S/C26H23F3N6O2/c1-14-22(18-4-2-3-16-9-21(15-5-6-15)31-11-20(16)18)25(34-12-17(13-34)37-8-7-36)35-24(32-14)19(10-30)23(33-35)26(27,28)29/h2-4,9,11,15,17,36H,5-8,12-13H2,1H3. The number of aliphatic hydroxyl groups is 1. The number of anilines is 1. The molecule has 1 saturated heterocycles. The maximum absolute atomic E-state index is 13.8. The number of benzene rings is 1. The van der Waals surface area contributed by atoms with Crippen molar-refractivity contribution in [3.63, 3.8) is 0 Å². The first kappa shape index (κ1) is 23.6. The van der Waals surface area contributed by atoms with Gasteiger partial charge in [-0.05, 0) is 36.8 Å². The molecule has 1 aliphatic carbocycles. The molecule has 1 aromatic carbocycles. The lowest BCUT2D eigenvalue weighted by atomic mass is 9.96. The molecule has 0 amide bonds. The highest BCUT2D eigenvalue weighted by Gasteiger charge is 2.41. The number of hydrogen-bond acceptors (Lipinski definition) is 7. The molecule has 2 fully saturated rings. The second-order valence-electron chi connectivity index (χ2n) is 9.50. The first-order valence-electron chi connectivity index (χ1n) is 12.1. The maximum atomic E-state index is 13.8. The molecule has 6 rings (SSSR count). The Balaban J connectivity index is 1.58. The van der Waals surface area contributed by atoms with Crippen LogP contribution in [-0.4, -0.2) is 57.1 Å². The number of alkyl halides is 3. The summed E-state index contributed by atoms with van der Waals surface area (Å²) in [6.45, 7) is 2.57. The molecular formula is C26H23F3N6O2. The SMILES string of the molecule is Cc1nc2c(C#N)c(C(F)(F)F)nn2c(N2CC(OCCO)C2)c1-c1cccc2cc(C3CC3)ncc12. The second-order valence-corrected chi connectivity index (χ2v) is 9.50. The molecule has 0 unspecified atom stereocenters. The van der Waals surface area contributed by atoms with Crippen molar-refractivity contribution >= 4 is 22.2 Å². The van der Waals surface area contributed by atoms with Crippen LogP contribution in [0.3, 0.4) is 0 Å². The van der Waals surface area contributed by atoms with E-state index in [1.54, 1.807) is 13.0 Å². The van der Waals surface area contributed by atoms with Gasteiger partial charge in [0.15, 0.2) is 11.3 Å². The molecule has 8 nitrogen and oxygen atoms in total. The Hall–Kier alpha value is -3.75. The Morgan fingerprint density at radius 3 is 2.70 bits per heavy atom. The molecule has 0 bridgehead atoms. The number of pyridine rings is 1. The minimum absolute atomic E-state index is 0.119. The zero-order valence-electron chi connectivity index (χ0n) is 20.0. The second kappa shape index (κ2) is 8.68. The summed E-state index contributed by atoms with van der Waals surface area (Å²) < 4.78 is 48.2. The smallest absolute Gasteiger partial charge is 0.394 e. The largest absolute Gasteiger partial charge is 0.436 e. The number of ether oxygens (including phenoxy) is 1. The average molecular weight is 509 g/mol.